The molecule has 19 heavy (non-hydrogen) atoms. The molecule has 0 saturated heterocycles. The van der Waals surface area contributed by atoms with Crippen LogP contribution >= 0.6 is 34.8 Å². The number of aryl methyl sites for hydroxylation is 1. The molecule has 6 heteroatoms. The third-order valence-electron chi connectivity index (χ3n) is 2.44. The Labute approximate surface area is 128 Å². The highest BCUT2D eigenvalue weighted by Gasteiger charge is 2.33. The first-order valence-corrected chi connectivity index (χ1v) is 7.15. The van der Waals surface area contributed by atoms with Crippen LogP contribution < -0.4 is 10.6 Å². The number of alkyl halides is 3. The van der Waals surface area contributed by atoms with Gasteiger partial charge < -0.3 is 10.6 Å². The molecule has 1 atom stereocenters. The van der Waals surface area contributed by atoms with Crippen LogP contribution in [-0.4, -0.2) is 15.9 Å². The molecule has 1 amide bonds. The molecule has 0 heterocycles. The number of amides is 1. The number of hydrogen-bond donors (Lipinski definition) is 2. The van der Waals surface area contributed by atoms with Gasteiger partial charge in [-0.3, -0.25) is 4.79 Å². The summed E-state index contributed by atoms with van der Waals surface area (Å²) in [5, 5.41) is 5.70. The van der Waals surface area contributed by atoms with Gasteiger partial charge in [0.15, 0.2) is 0 Å². The minimum absolute atomic E-state index is 0.154. The van der Waals surface area contributed by atoms with Crippen LogP contribution in [0.4, 0.5) is 5.69 Å². The molecule has 0 radical (unpaired) electrons. The van der Waals surface area contributed by atoms with Gasteiger partial charge in [-0.1, -0.05) is 53.9 Å². The number of halogens is 3. The van der Waals surface area contributed by atoms with Gasteiger partial charge in [-0.2, -0.15) is 0 Å². The maximum atomic E-state index is 11.6. The molecule has 0 fully saturated rings. The molecule has 0 aliphatic carbocycles. The summed E-state index contributed by atoms with van der Waals surface area (Å²) in [6.07, 6.45) is 0.355. The van der Waals surface area contributed by atoms with Crippen molar-refractivity contribution in [2.45, 2.75) is 36.6 Å². The van der Waals surface area contributed by atoms with Crippen molar-refractivity contribution >= 4 is 46.4 Å². The minimum Gasteiger partial charge on any atom is -0.362 e. The fraction of sp³-hybridized carbons (Fsp3) is 0.462. The van der Waals surface area contributed by atoms with E-state index >= 15 is 0 Å². The van der Waals surface area contributed by atoms with Crippen LogP contribution in [0.1, 0.15) is 25.3 Å². The van der Waals surface area contributed by atoms with Crippen molar-refractivity contribution in [3.05, 3.63) is 29.8 Å². The largest absolute Gasteiger partial charge is 0.362 e. The van der Waals surface area contributed by atoms with E-state index in [1.54, 1.807) is 0 Å². The van der Waals surface area contributed by atoms with E-state index in [9.17, 15) is 4.79 Å². The summed E-state index contributed by atoms with van der Waals surface area (Å²) in [6.45, 7) is 3.88. The zero-order valence-corrected chi connectivity index (χ0v) is 13.1. The van der Waals surface area contributed by atoms with Crippen molar-refractivity contribution in [1.29, 1.82) is 0 Å². The molecule has 1 aromatic carbocycles. The van der Waals surface area contributed by atoms with E-state index in [1.165, 1.54) is 0 Å². The van der Waals surface area contributed by atoms with Gasteiger partial charge in [0.25, 0.3) is 0 Å². The Hall–Kier alpha value is -0.640. The van der Waals surface area contributed by atoms with Crippen LogP contribution in [0.2, 0.25) is 0 Å². The highest BCUT2D eigenvalue weighted by molar-refractivity contribution is 6.68. The summed E-state index contributed by atoms with van der Waals surface area (Å²) in [6, 6.07) is 7.62. The summed E-state index contributed by atoms with van der Waals surface area (Å²) in [5.74, 6) is -0.154. The molecule has 3 nitrogen and oxygen atoms in total. The standard InChI is InChI=1S/C13H17Cl3N2O/c1-3-5-11(19)18-12(13(14,15)16)17-10-7-4-6-9(2)8-10/h4,6-8,12,17H,3,5H2,1-2H3,(H,18,19)/t12-/m1/s1. The predicted molar refractivity (Wildman–Crippen MR) is 81.9 cm³/mol. The SMILES string of the molecule is CCCC(=O)N[C@@H](Nc1cccc(C)c1)C(Cl)(Cl)Cl. The molecular formula is C13H17Cl3N2O. The molecule has 0 saturated carbocycles. The maximum absolute atomic E-state index is 11.6. The number of nitrogens with one attached hydrogen (secondary N) is 2. The molecule has 0 aromatic heterocycles. The number of benzene rings is 1. The molecule has 106 valence electrons. The summed E-state index contributed by atoms with van der Waals surface area (Å²) in [5.41, 5.74) is 1.86. The fourth-order valence-electron chi connectivity index (χ4n) is 1.56. The number of anilines is 1. The van der Waals surface area contributed by atoms with Crippen LogP contribution in [0, 0.1) is 6.92 Å². The summed E-state index contributed by atoms with van der Waals surface area (Å²) >= 11 is 17.7. The Morgan fingerprint density at radius 3 is 2.58 bits per heavy atom. The third kappa shape index (κ3) is 5.89. The third-order valence-corrected chi connectivity index (χ3v) is 3.09. The Balaban J connectivity index is 2.78. The van der Waals surface area contributed by atoms with E-state index in [2.05, 4.69) is 10.6 Å². The summed E-state index contributed by atoms with van der Waals surface area (Å²) in [4.78, 5) is 11.6. The van der Waals surface area contributed by atoms with E-state index < -0.39 is 9.96 Å². The van der Waals surface area contributed by atoms with Crippen molar-refractivity contribution < 1.29 is 4.79 Å². The average Bonchev–Trinajstić information content (AvgIpc) is 2.27. The molecule has 0 aliphatic heterocycles. The van der Waals surface area contributed by atoms with E-state index in [0.717, 1.165) is 17.7 Å². The second-order valence-electron chi connectivity index (χ2n) is 4.31. The van der Waals surface area contributed by atoms with Gasteiger partial charge in [-0.05, 0) is 31.0 Å². The Morgan fingerprint density at radius 2 is 2.05 bits per heavy atom. The van der Waals surface area contributed by atoms with Crippen LogP contribution in [-0.2, 0) is 4.79 Å². The zero-order valence-electron chi connectivity index (χ0n) is 10.8. The van der Waals surface area contributed by atoms with Gasteiger partial charge >= 0.3 is 0 Å². The first kappa shape index (κ1) is 16.4. The van der Waals surface area contributed by atoms with Gasteiger partial charge in [-0.25, -0.2) is 0 Å². The molecule has 0 spiro atoms. The quantitative estimate of drug-likeness (QED) is 0.635. The van der Waals surface area contributed by atoms with E-state index in [-0.39, 0.29) is 5.91 Å². The first-order valence-electron chi connectivity index (χ1n) is 6.02. The van der Waals surface area contributed by atoms with Gasteiger partial charge in [0.1, 0.15) is 6.17 Å². The zero-order chi connectivity index (χ0) is 14.5. The highest BCUT2D eigenvalue weighted by Crippen LogP contribution is 2.31. The van der Waals surface area contributed by atoms with Crippen LogP contribution in [0.5, 0.6) is 0 Å². The maximum Gasteiger partial charge on any atom is 0.228 e. The Bertz CT molecular complexity index is 432. The van der Waals surface area contributed by atoms with Crippen molar-refractivity contribution in [1.82, 2.24) is 5.32 Å². The monoisotopic (exact) mass is 322 g/mol. The average molecular weight is 324 g/mol. The van der Waals surface area contributed by atoms with Crippen LogP contribution in [0.15, 0.2) is 24.3 Å². The molecule has 1 aromatic rings. The summed E-state index contributed by atoms with van der Waals surface area (Å²) < 4.78 is -1.63. The topological polar surface area (TPSA) is 41.1 Å². The van der Waals surface area contributed by atoms with E-state index in [4.69, 9.17) is 34.8 Å². The van der Waals surface area contributed by atoms with Crippen molar-refractivity contribution in [3.8, 4) is 0 Å². The van der Waals surface area contributed by atoms with Gasteiger partial charge in [0.05, 0.1) is 0 Å². The summed E-state index contributed by atoms with van der Waals surface area (Å²) in [7, 11) is 0. The molecule has 0 unspecified atom stereocenters. The lowest BCUT2D eigenvalue weighted by Crippen LogP contribution is -2.49. The van der Waals surface area contributed by atoms with Gasteiger partial charge in [-0.15, -0.1) is 0 Å². The van der Waals surface area contributed by atoms with Crippen LogP contribution in [0.25, 0.3) is 0 Å². The Morgan fingerprint density at radius 1 is 1.37 bits per heavy atom. The number of hydrogen-bond acceptors (Lipinski definition) is 2. The van der Waals surface area contributed by atoms with Gasteiger partial charge in [0.2, 0.25) is 9.70 Å². The van der Waals surface area contributed by atoms with Crippen LogP contribution in [0.3, 0.4) is 0 Å². The minimum atomic E-state index is -1.63. The lowest BCUT2D eigenvalue weighted by atomic mass is 10.2. The number of rotatable bonds is 5. The molecule has 0 bridgehead atoms. The van der Waals surface area contributed by atoms with Crippen molar-refractivity contribution in [2.75, 3.05) is 5.32 Å². The first-order chi connectivity index (χ1) is 8.82. The molecular weight excluding hydrogens is 307 g/mol. The lowest BCUT2D eigenvalue weighted by Gasteiger charge is -2.27. The lowest BCUT2D eigenvalue weighted by molar-refractivity contribution is -0.121. The normalized spacial score (nSPS) is 12.9. The smallest absolute Gasteiger partial charge is 0.228 e. The number of carbonyl (C=O) groups is 1. The van der Waals surface area contributed by atoms with Crippen molar-refractivity contribution in [2.24, 2.45) is 0 Å². The Kier molecular flexibility index (Phi) is 6.24. The fourth-order valence-corrected chi connectivity index (χ4v) is 1.89. The second-order valence-corrected chi connectivity index (χ2v) is 6.67. The van der Waals surface area contributed by atoms with Crippen molar-refractivity contribution in [3.63, 3.8) is 0 Å². The molecule has 1 rings (SSSR count). The predicted octanol–water partition coefficient (Wildman–Crippen LogP) is 4.02. The number of carbonyl (C=O) groups excluding carboxylic acids is 1. The molecule has 0 aliphatic rings. The molecule has 2 N–H and O–H groups in total. The second kappa shape index (κ2) is 7.22. The van der Waals surface area contributed by atoms with E-state index in [0.29, 0.717) is 6.42 Å². The highest BCUT2D eigenvalue weighted by atomic mass is 35.6. The van der Waals surface area contributed by atoms with Gasteiger partial charge in [0, 0.05) is 12.1 Å². The van der Waals surface area contributed by atoms with E-state index in [1.807, 2.05) is 38.1 Å².